The molecule has 1 aromatic heterocycles. The van der Waals surface area contributed by atoms with Gasteiger partial charge in [-0.05, 0) is 37.5 Å². The van der Waals surface area contributed by atoms with Gasteiger partial charge in [0.2, 0.25) is 10.0 Å². The van der Waals surface area contributed by atoms with Crippen LogP contribution in [0.25, 0.3) is 0 Å². The maximum atomic E-state index is 12.9. The monoisotopic (exact) mass is 375 g/mol. The van der Waals surface area contributed by atoms with Gasteiger partial charge in [0, 0.05) is 11.6 Å². The zero-order valence-electron chi connectivity index (χ0n) is 12.9. The number of hydrogen-bond acceptors (Lipinski definition) is 3. The molecule has 24 heavy (non-hydrogen) atoms. The minimum absolute atomic E-state index is 0.0632. The summed E-state index contributed by atoms with van der Waals surface area (Å²) in [6, 6.07) is 6.66. The van der Waals surface area contributed by atoms with Crippen LogP contribution in [-0.4, -0.2) is 29.0 Å². The summed E-state index contributed by atoms with van der Waals surface area (Å²) in [4.78, 5) is -0.177. The molecule has 0 unspecified atom stereocenters. The normalized spacial score (nSPS) is 19.3. The van der Waals surface area contributed by atoms with Crippen LogP contribution in [0.2, 0.25) is 5.02 Å². The van der Waals surface area contributed by atoms with Crippen molar-refractivity contribution in [2.45, 2.75) is 37.3 Å². The Morgan fingerprint density at radius 1 is 1.29 bits per heavy atom. The number of alkyl halides is 2. The Balaban J connectivity index is 1.98. The lowest BCUT2D eigenvalue weighted by atomic mass is 10.1. The third kappa shape index (κ3) is 2.94. The number of benzene rings is 1. The molecule has 130 valence electrons. The molecular weight excluding hydrogens is 360 g/mol. The smallest absolute Gasteiger partial charge is 0.207 e. The van der Waals surface area contributed by atoms with E-state index in [1.165, 1.54) is 11.2 Å². The number of halogens is 3. The van der Waals surface area contributed by atoms with Crippen LogP contribution in [0, 0.1) is 6.92 Å². The van der Waals surface area contributed by atoms with Gasteiger partial charge in [-0.15, -0.1) is 0 Å². The average molecular weight is 376 g/mol. The minimum Gasteiger partial charge on any atom is -0.207 e. The molecule has 1 atom stereocenters. The highest BCUT2D eigenvalue weighted by Gasteiger charge is 2.38. The van der Waals surface area contributed by atoms with Gasteiger partial charge in [-0.2, -0.15) is 18.2 Å². The lowest BCUT2D eigenvalue weighted by Crippen LogP contribution is -2.31. The Labute approximate surface area is 143 Å². The van der Waals surface area contributed by atoms with Crippen molar-refractivity contribution in [3.63, 3.8) is 0 Å². The molecule has 5 nitrogen and oxygen atoms in total. The zero-order chi connectivity index (χ0) is 17.5. The molecule has 1 aromatic carbocycles. The number of sulfonamides is 1. The van der Waals surface area contributed by atoms with Crippen molar-refractivity contribution >= 4 is 21.6 Å². The molecule has 0 bridgehead atoms. The van der Waals surface area contributed by atoms with Gasteiger partial charge in [0.25, 0.3) is 0 Å². The van der Waals surface area contributed by atoms with Crippen LogP contribution >= 0.6 is 11.6 Å². The van der Waals surface area contributed by atoms with E-state index in [-0.39, 0.29) is 16.6 Å². The van der Waals surface area contributed by atoms with Crippen molar-refractivity contribution in [2.24, 2.45) is 0 Å². The Morgan fingerprint density at radius 3 is 2.54 bits per heavy atom. The third-order valence-electron chi connectivity index (χ3n) is 4.23. The molecule has 0 spiro atoms. The van der Waals surface area contributed by atoms with Crippen molar-refractivity contribution in [1.82, 2.24) is 14.1 Å². The molecule has 2 heterocycles. The van der Waals surface area contributed by atoms with E-state index in [2.05, 4.69) is 5.10 Å². The standard InChI is InChI=1S/C15H16ClF2N3O2S/c1-10-14(9-19-21(10)15(17)18)24(22,23)20-8-2-3-13(20)11-4-6-12(16)7-5-11/h4-7,9,13,15H,2-3,8H2,1H3/t13-/m1/s1. The first kappa shape index (κ1) is 17.3. The molecule has 2 aromatic rings. The molecule has 0 N–H and O–H groups in total. The van der Waals surface area contributed by atoms with Crippen molar-refractivity contribution in [2.75, 3.05) is 6.54 Å². The number of nitrogens with zero attached hydrogens (tertiary/aromatic N) is 3. The molecule has 1 aliphatic rings. The summed E-state index contributed by atoms with van der Waals surface area (Å²) in [7, 11) is -3.91. The summed E-state index contributed by atoms with van der Waals surface area (Å²) < 4.78 is 53.4. The van der Waals surface area contributed by atoms with Gasteiger partial charge >= 0.3 is 6.55 Å². The van der Waals surface area contributed by atoms with E-state index in [4.69, 9.17) is 11.6 Å². The van der Waals surface area contributed by atoms with Gasteiger partial charge in [0.05, 0.1) is 17.9 Å². The van der Waals surface area contributed by atoms with E-state index in [9.17, 15) is 17.2 Å². The molecule has 9 heteroatoms. The highest BCUT2D eigenvalue weighted by atomic mass is 35.5. The number of rotatable bonds is 4. The van der Waals surface area contributed by atoms with E-state index in [0.29, 0.717) is 29.1 Å². The van der Waals surface area contributed by atoms with Crippen molar-refractivity contribution in [3.8, 4) is 0 Å². The van der Waals surface area contributed by atoms with E-state index in [1.54, 1.807) is 24.3 Å². The lowest BCUT2D eigenvalue weighted by Gasteiger charge is -2.24. The molecule has 0 amide bonds. The van der Waals surface area contributed by atoms with Crippen LogP contribution in [0.1, 0.15) is 36.7 Å². The fourth-order valence-electron chi connectivity index (χ4n) is 3.03. The van der Waals surface area contributed by atoms with Crippen LogP contribution in [0.5, 0.6) is 0 Å². The first-order valence-electron chi connectivity index (χ1n) is 7.42. The maximum Gasteiger partial charge on any atom is 0.333 e. The van der Waals surface area contributed by atoms with Crippen molar-refractivity contribution in [3.05, 3.63) is 46.7 Å². The minimum atomic E-state index is -3.91. The second-order valence-electron chi connectivity index (χ2n) is 5.64. The molecule has 0 aliphatic carbocycles. The molecule has 1 fully saturated rings. The highest BCUT2D eigenvalue weighted by Crippen LogP contribution is 2.37. The number of aromatic nitrogens is 2. The van der Waals surface area contributed by atoms with Crippen LogP contribution in [-0.2, 0) is 10.0 Å². The fraction of sp³-hybridized carbons (Fsp3) is 0.400. The third-order valence-corrected chi connectivity index (χ3v) is 6.49. The summed E-state index contributed by atoms with van der Waals surface area (Å²) >= 11 is 5.88. The lowest BCUT2D eigenvalue weighted by molar-refractivity contribution is 0.0541. The maximum absolute atomic E-state index is 12.9. The Morgan fingerprint density at radius 2 is 1.96 bits per heavy atom. The molecule has 0 saturated carbocycles. The molecule has 1 saturated heterocycles. The first-order chi connectivity index (χ1) is 11.3. The second-order valence-corrected chi connectivity index (χ2v) is 7.94. The fourth-order valence-corrected chi connectivity index (χ4v) is 4.99. The Hall–Kier alpha value is -1.51. The van der Waals surface area contributed by atoms with Gasteiger partial charge in [-0.25, -0.2) is 13.1 Å². The van der Waals surface area contributed by atoms with Gasteiger partial charge in [-0.3, -0.25) is 0 Å². The summed E-state index contributed by atoms with van der Waals surface area (Å²) in [6.45, 7) is -1.20. The van der Waals surface area contributed by atoms with E-state index in [1.807, 2.05) is 0 Å². The molecule has 0 radical (unpaired) electrons. The van der Waals surface area contributed by atoms with Crippen LogP contribution < -0.4 is 0 Å². The quantitative estimate of drug-likeness (QED) is 0.817. The predicted molar refractivity (Wildman–Crippen MR) is 85.5 cm³/mol. The van der Waals surface area contributed by atoms with Gasteiger partial charge < -0.3 is 0 Å². The summed E-state index contributed by atoms with van der Waals surface area (Å²) in [5.41, 5.74) is 0.770. The summed E-state index contributed by atoms with van der Waals surface area (Å²) in [6.07, 6.45) is 2.37. The summed E-state index contributed by atoms with van der Waals surface area (Å²) in [5.74, 6) is 0. The van der Waals surface area contributed by atoms with Crippen LogP contribution in [0.4, 0.5) is 8.78 Å². The van der Waals surface area contributed by atoms with Gasteiger partial charge in [0.15, 0.2) is 0 Å². The van der Waals surface area contributed by atoms with Crippen LogP contribution in [0.15, 0.2) is 35.4 Å². The van der Waals surface area contributed by atoms with Crippen molar-refractivity contribution in [1.29, 1.82) is 0 Å². The van der Waals surface area contributed by atoms with Gasteiger partial charge in [-0.1, -0.05) is 23.7 Å². The summed E-state index contributed by atoms with van der Waals surface area (Å²) in [5, 5.41) is 4.08. The van der Waals surface area contributed by atoms with E-state index in [0.717, 1.165) is 11.8 Å². The molecular formula is C15H16ClF2N3O2S. The topological polar surface area (TPSA) is 55.2 Å². The largest absolute Gasteiger partial charge is 0.333 e. The van der Waals surface area contributed by atoms with Gasteiger partial charge in [0.1, 0.15) is 4.90 Å². The highest BCUT2D eigenvalue weighted by molar-refractivity contribution is 7.89. The second kappa shape index (κ2) is 6.42. The average Bonchev–Trinajstić information content (AvgIpc) is 3.15. The zero-order valence-corrected chi connectivity index (χ0v) is 14.4. The SMILES string of the molecule is Cc1c(S(=O)(=O)N2CCC[C@@H]2c2ccc(Cl)cc2)cnn1C(F)F. The van der Waals surface area contributed by atoms with E-state index < -0.39 is 16.6 Å². The predicted octanol–water partition coefficient (Wildman–Crippen LogP) is 3.77. The Bertz CT molecular complexity index is 837. The molecule has 3 rings (SSSR count). The Kier molecular flexibility index (Phi) is 4.63. The first-order valence-corrected chi connectivity index (χ1v) is 9.23. The number of hydrogen-bond donors (Lipinski definition) is 0. The van der Waals surface area contributed by atoms with Crippen molar-refractivity contribution < 1.29 is 17.2 Å². The van der Waals surface area contributed by atoms with E-state index >= 15 is 0 Å². The van der Waals surface area contributed by atoms with Crippen LogP contribution in [0.3, 0.4) is 0 Å². The molecule has 1 aliphatic heterocycles.